The zero-order valence-corrected chi connectivity index (χ0v) is 11.3. The molecule has 1 amide bonds. The number of benzene rings is 1. The lowest BCUT2D eigenvalue weighted by Gasteiger charge is -2.07. The molecule has 0 fully saturated rings. The number of nitrogens with one attached hydrogen (secondary N) is 1. The fourth-order valence-electron chi connectivity index (χ4n) is 1.68. The quantitative estimate of drug-likeness (QED) is 0.416. The van der Waals surface area contributed by atoms with Crippen molar-refractivity contribution in [2.24, 2.45) is 0 Å². The van der Waals surface area contributed by atoms with Crippen LogP contribution >= 0.6 is 0 Å². The lowest BCUT2D eigenvalue weighted by Crippen LogP contribution is -2.28. The van der Waals surface area contributed by atoms with Gasteiger partial charge in [-0.25, -0.2) is 0 Å². The molecule has 5 nitrogen and oxygen atoms in total. The molecule has 20 heavy (non-hydrogen) atoms. The van der Waals surface area contributed by atoms with Crippen molar-refractivity contribution in [1.29, 1.82) is 5.26 Å². The van der Waals surface area contributed by atoms with Crippen LogP contribution in [-0.4, -0.2) is 28.8 Å². The molecule has 1 atom stereocenters. The molecule has 0 aliphatic heterocycles. The molecule has 0 saturated heterocycles. The Bertz CT molecular complexity index is 516. The summed E-state index contributed by atoms with van der Waals surface area (Å²) in [6.07, 6.45) is -0.285. The number of aliphatic hydroxyl groups is 2. The summed E-state index contributed by atoms with van der Waals surface area (Å²) in [6, 6.07) is 11.3. The number of nitrogens with zero attached hydrogens (tertiary/aromatic N) is 1. The molecule has 1 unspecified atom stereocenters. The summed E-state index contributed by atoms with van der Waals surface area (Å²) in [5.74, 6) is -1.01. The largest absolute Gasteiger partial charge is 0.511 e. The lowest BCUT2D eigenvalue weighted by atomic mass is 10.1. The molecule has 0 aliphatic carbocycles. The van der Waals surface area contributed by atoms with Gasteiger partial charge in [0.05, 0.1) is 6.10 Å². The Morgan fingerprint density at radius 3 is 2.60 bits per heavy atom. The number of aliphatic hydroxyl groups excluding tert-OH is 2. The van der Waals surface area contributed by atoms with Crippen LogP contribution in [-0.2, 0) is 11.2 Å². The van der Waals surface area contributed by atoms with Gasteiger partial charge in [-0.05, 0) is 18.9 Å². The van der Waals surface area contributed by atoms with Crippen molar-refractivity contribution in [3.05, 3.63) is 47.2 Å². The molecule has 1 aromatic rings. The minimum atomic E-state index is -0.810. The maximum atomic E-state index is 11.8. The van der Waals surface area contributed by atoms with Crippen LogP contribution in [0.5, 0.6) is 0 Å². The van der Waals surface area contributed by atoms with Crippen molar-refractivity contribution >= 4 is 5.91 Å². The van der Waals surface area contributed by atoms with Crippen LogP contribution in [0.25, 0.3) is 0 Å². The van der Waals surface area contributed by atoms with E-state index in [1.54, 1.807) is 6.07 Å². The van der Waals surface area contributed by atoms with E-state index in [0.717, 1.165) is 5.56 Å². The van der Waals surface area contributed by atoms with Crippen molar-refractivity contribution in [2.45, 2.75) is 25.9 Å². The monoisotopic (exact) mass is 274 g/mol. The average molecular weight is 274 g/mol. The molecule has 0 heterocycles. The van der Waals surface area contributed by atoms with E-state index < -0.39 is 12.0 Å². The number of carbonyl (C=O) groups excluding carboxylic acids is 1. The first-order valence-electron chi connectivity index (χ1n) is 6.37. The molecule has 0 aliphatic rings. The van der Waals surface area contributed by atoms with Crippen LogP contribution in [0, 0.1) is 11.3 Å². The second kappa shape index (κ2) is 7.97. The lowest BCUT2D eigenvalue weighted by molar-refractivity contribution is -0.117. The molecule has 5 heteroatoms. The topological polar surface area (TPSA) is 93.3 Å². The van der Waals surface area contributed by atoms with Gasteiger partial charge in [0.2, 0.25) is 0 Å². The van der Waals surface area contributed by atoms with Gasteiger partial charge in [-0.1, -0.05) is 30.3 Å². The van der Waals surface area contributed by atoms with Crippen LogP contribution in [0.4, 0.5) is 0 Å². The molecular weight excluding hydrogens is 256 g/mol. The highest BCUT2D eigenvalue weighted by Gasteiger charge is 2.15. The molecule has 0 spiro atoms. The van der Waals surface area contributed by atoms with Crippen LogP contribution < -0.4 is 5.32 Å². The van der Waals surface area contributed by atoms with E-state index in [2.05, 4.69) is 5.32 Å². The van der Waals surface area contributed by atoms with E-state index in [-0.39, 0.29) is 17.8 Å². The average Bonchev–Trinajstić information content (AvgIpc) is 2.40. The first-order valence-corrected chi connectivity index (χ1v) is 6.37. The summed E-state index contributed by atoms with van der Waals surface area (Å²) in [5.41, 5.74) is 0.724. The molecule has 0 radical (unpaired) electrons. The van der Waals surface area contributed by atoms with Gasteiger partial charge in [0.1, 0.15) is 11.8 Å². The molecule has 0 bridgehead atoms. The minimum Gasteiger partial charge on any atom is -0.511 e. The zero-order chi connectivity index (χ0) is 15.0. The minimum absolute atomic E-state index is 0.116. The normalized spacial score (nSPS) is 13.1. The Balaban J connectivity index is 2.55. The first-order chi connectivity index (χ1) is 9.54. The number of rotatable bonds is 6. The highest BCUT2D eigenvalue weighted by molar-refractivity contribution is 5.97. The maximum Gasteiger partial charge on any atom is 0.265 e. The number of nitriles is 1. The maximum absolute atomic E-state index is 11.8. The summed E-state index contributed by atoms with van der Waals surface area (Å²) in [6.45, 7) is 1.84. The van der Waals surface area contributed by atoms with Gasteiger partial charge in [-0.3, -0.25) is 4.79 Å². The van der Waals surface area contributed by atoms with Crippen LogP contribution in [0.1, 0.15) is 18.9 Å². The third-order valence-corrected chi connectivity index (χ3v) is 2.66. The van der Waals surface area contributed by atoms with E-state index in [4.69, 9.17) is 10.4 Å². The number of hydrogen-bond acceptors (Lipinski definition) is 4. The molecule has 106 valence electrons. The summed E-state index contributed by atoms with van der Waals surface area (Å²) < 4.78 is 0. The van der Waals surface area contributed by atoms with Crippen molar-refractivity contribution < 1.29 is 15.0 Å². The van der Waals surface area contributed by atoms with Gasteiger partial charge in [0, 0.05) is 13.0 Å². The number of carbonyl (C=O) groups is 1. The fraction of sp³-hybridized carbons (Fsp3) is 0.333. The molecular formula is C15H18N2O3. The number of hydrogen-bond donors (Lipinski definition) is 3. The fourth-order valence-corrected chi connectivity index (χ4v) is 1.68. The number of amides is 1. The van der Waals surface area contributed by atoms with Crippen LogP contribution in [0.3, 0.4) is 0 Å². The summed E-state index contributed by atoms with van der Waals surface area (Å²) in [7, 11) is 0. The van der Waals surface area contributed by atoms with Crippen molar-refractivity contribution in [3.63, 3.8) is 0 Å². The first kappa shape index (κ1) is 15.7. The van der Waals surface area contributed by atoms with Gasteiger partial charge in [-0.15, -0.1) is 0 Å². The summed E-state index contributed by atoms with van der Waals surface area (Å²) in [4.78, 5) is 11.8. The van der Waals surface area contributed by atoms with Gasteiger partial charge in [-0.2, -0.15) is 5.26 Å². The third-order valence-electron chi connectivity index (χ3n) is 2.66. The summed E-state index contributed by atoms with van der Waals surface area (Å²) in [5, 5.41) is 30.2. The van der Waals surface area contributed by atoms with Crippen molar-refractivity contribution in [3.8, 4) is 6.07 Å². The van der Waals surface area contributed by atoms with Gasteiger partial charge < -0.3 is 15.5 Å². The second-order valence-electron chi connectivity index (χ2n) is 4.48. The van der Waals surface area contributed by atoms with Crippen LogP contribution in [0.2, 0.25) is 0 Å². The predicted molar refractivity (Wildman–Crippen MR) is 74.7 cm³/mol. The third kappa shape index (κ3) is 5.12. The molecule has 3 N–H and O–H groups in total. The molecule has 0 saturated carbocycles. The molecule has 1 aromatic carbocycles. The van der Waals surface area contributed by atoms with E-state index >= 15 is 0 Å². The van der Waals surface area contributed by atoms with E-state index in [0.29, 0.717) is 13.0 Å². The molecule has 1 rings (SSSR count). The summed E-state index contributed by atoms with van der Waals surface area (Å²) >= 11 is 0. The molecule has 0 aromatic heterocycles. The van der Waals surface area contributed by atoms with Crippen molar-refractivity contribution in [1.82, 2.24) is 5.32 Å². The Kier molecular flexibility index (Phi) is 6.27. The smallest absolute Gasteiger partial charge is 0.265 e. The van der Waals surface area contributed by atoms with E-state index in [9.17, 15) is 9.90 Å². The van der Waals surface area contributed by atoms with Crippen LogP contribution in [0.15, 0.2) is 41.7 Å². The van der Waals surface area contributed by atoms with Gasteiger partial charge >= 0.3 is 0 Å². The second-order valence-corrected chi connectivity index (χ2v) is 4.48. The Morgan fingerprint density at radius 2 is 2.05 bits per heavy atom. The predicted octanol–water partition coefficient (Wildman–Crippen LogP) is 1.45. The Morgan fingerprint density at radius 1 is 1.40 bits per heavy atom. The van der Waals surface area contributed by atoms with Gasteiger partial charge in [0.15, 0.2) is 5.57 Å². The highest BCUT2D eigenvalue weighted by Crippen LogP contribution is 2.08. The zero-order valence-electron chi connectivity index (χ0n) is 11.3. The van der Waals surface area contributed by atoms with E-state index in [1.165, 1.54) is 6.92 Å². The van der Waals surface area contributed by atoms with Gasteiger partial charge in [0.25, 0.3) is 5.91 Å². The highest BCUT2D eigenvalue weighted by atomic mass is 16.3. The Hall–Kier alpha value is -2.32. The standard InChI is InChI=1S/C15H18N2O3/c1-11(18)9-14(19)13(10-16)15(20)17-8-7-12-5-3-2-4-6-12/h2-6,11,18-19H,7-9H2,1H3,(H,17,20)/b14-13-. The van der Waals surface area contributed by atoms with E-state index in [1.807, 2.05) is 30.3 Å². The SMILES string of the molecule is CC(O)C/C(O)=C(\C#N)C(=O)NCCc1ccccc1. The van der Waals surface area contributed by atoms with Crippen molar-refractivity contribution in [2.75, 3.05) is 6.54 Å². The Labute approximate surface area is 118 Å².